The molecule has 2 nitrogen and oxygen atoms in total. The van der Waals surface area contributed by atoms with Gasteiger partial charge in [-0.25, -0.2) is 4.39 Å². The Hall–Kier alpha value is -0.930. The second-order valence-electron chi connectivity index (χ2n) is 3.56. The molecule has 76 valence electrons. The molecule has 0 spiro atoms. The van der Waals surface area contributed by atoms with Gasteiger partial charge in [-0.2, -0.15) is 0 Å². The Balaban J connectivity index is 2.18. The highest BCUT2D eigenvalue weighted by Crippen LogP contribution is 2.29. The molecular weight excluding hydrogens is 183 g/mol. The van der Waals surface area contributed by atoms with Crippen molar-refractivity contribution in [3.05, 3.63) is 35.6 Å². The molecule has 3 heteroatoms. The van der Waals surface area contributed by atoms with Crippen LogP contribution in [0.25, 0.3) is 0 Å². The fourth-order valence-electron chi connectivity index (χ4n) is 1.73. The van der Waals surface area contributed by atoms with Crippen LogP contribution in [0.3, 0.4) is 0 Å². The zero-order valence-corrected chi connectivity index (χ0v) is 7.82. The van der Waals surface area contributed by atoms with Crippen molar-refractivity contribution in [3.8, 4) is 0 Å². The lowest BCUT2D eigenvalue weighted by molar-refractivity contribution is -0.0461. The number of aliphatic hydroxyl groups is 1. The molecule has 0 amide bonds. The Morgan fingerprint density at radius 3 is 2.86 bits per heavy atom. The SMILES string of the molecule is O[C@H]1CCO[C@@H](c2ccccc2F)C1. The molecule has 0 bridgehead atoms. The third-order valence-electron chi connectivity index (χ3n) is 2.51. The fourth-order valence-corrected chi connectivity index (χ4v) is 1.73. The quantitative estimate of drug-likeness (QED) is 0.744. The molecule has 1 aromatic carbocycles. The molecule has 1 aromatic rings. The van der Waals surface area contributed by atoms with E-state index in [1.165, 1.54) is 6.07 Å². The predicted molar refractivity (Wildman–Crippen MR) is 50.3 cm³/mol. The highest BCUT2D eigenvalue weighted by Gasteiger charge is 2.24. The Bertz CT molecular complexity index is 314. The number of hydrogen-bond acceptors (Lipinski definition) is 2. The molecule has 0 aromatic heterocycles. The van der Waals surface area contributed by atoms with Gasteiger partial charge in [-0.05, 0) is 12.5 Å². The summed E-state index contributed by atoms with van der Waals surface area (Å²) in [6.07, 6.45) is 0.472. The van der Waals surface area contributed by atoms with E-state index in [-0.39, 0.29) is 18.0 Å². The Kier molecular flexibility index (Phi) is 2.79. The third kappa shape index (κ3) is 1.94. The maximum absolute atomic E-state index is 13.3. The summed E-state index contributed by atoms with van der Waals surface area (Å²) in [5.74, 6) is -0.258. The smallest absolute Gasteiger partial charge is 0.129 e. The molecule has 1 aliphatic rings. The predicted octanol–water partition coefficient (Wildman–Crippen LogP) is 2.04. The van der Waals surface area contributed by atoms with Gasteiger partial charge in [0.05, 0.1) is 12.2 Å². The van der Waals surface area contributed by atoms with Gasteiger partial charge in [0.25, 0.3) is 0 Å². The summed E-state index contributed by atoms with van der Waals surface area (Å²) in [5, 5.41) is 9.43. The highest BCUT2D eigenvalue weighted by molar-refractivity contribution is 5.20. The Labute approximate surface area is 82.3 Å². The molecule has 2 atom stereocenters. The van der Waals surface area contributed by atoms with Crippen LogP contribution in [0.1, 0.15) is 24.5 Å². The molecule has 0 saturated carbocycles. The molecule has 0 radical (unpaired) electrons. The van der Waals surface area contributed by atoms with Crippen molar-refractivity contribution >= 4 is 0 Å². The van der Waals surface area contributed by atoms with Crippen LogP contribution in [0, 0.1) is 5.82 Å². The van der Waals surface area contributed by atoms with E-state index in [4.69, 9.17) is 4.74 Å². The summed E-state index contributed by atoms with van der Waals surface area (Å²) in [6.45, 7) is 0.500. The molecule has 1 saturated heterocycles. The van der Waals surface area contributed by atoms with E-state index in [1.54, 1.807) is 18.2 Å². The van der Waals surface area contributed by atoms with Crippen molar-refractivity contribution in [2.24, 2.45) is 0 Å². The minimum absolute atomic E-state index is 0.258. The molecule has 1 fully saturated rings. The van der Waals surface area contributed by atoms with Crippen LogP contribution in [0.15, 0.2) is 24.3 Å². The van der Waals surface area contributed by atoms with E-state index in [1.807, 2.05) is 0 Å². The van der Waals surface area contributed by atoms with Gasteiger partial charge in [0, 0.05) is 18.6 Å². The minimum Gasteiger partial charge on any atom is -0.393 e. The minimum atomic E-state index is -0.367. The molecule has 1 heterocycles. The molecule has 0 unspecified atom stereocenters. The van der Waals surface area contributed by atoms with Crippen LogP contribution in [-0.4, -0.2) is 17.8 Å². The van der Waals surface area contributed by atoms with E-state index < -0.39 is 0 Å². The number of ether oxygens (including phenoxy) is 1. The molecule has 14 heavy (non-hydrogen) atoms. The van der Waals surface area contributed by atoms with Gasteiger partial charge in [-0.15, -0.1) is 0 Å². The van der Waals surface area contributed by atoms with Gasteiger partial charge in [-0.1, -0.05) is 18.2 Å². The second kappa shape index (κ2) is 4.07. The van der Waals surface area contributed by atoms with Crippen LogP contribution < -0.4 is 0 Å². The van der Waals surface area contributed by atoms with Crippen molar-refractivity contribution < 1.29 is 14.2 Å². The van der Waals surface area contributed by atoms with Gasteiger partial charge in [0.2, 0.25) is 0 Å². The van der Waals surface area contributed by atoms with E-state index in [2.05, 4.69) is 0 Å². The largest absolute Gasteiger partial charge is 0.393 e. The fraction of sp³-hybridized carbons (Fsp3) is 0.455. The molecule has 1 N–H and O–H groups in total. The van der Waals surface area contributed by atoms with Gasteiger partial charge >= 0.3 is 0 Å². The van der Waals surface area contributed by atoms with Crippen molar-refractivity contribution in [2.45, 2.75) is 25.0 Å². The summed E-state index contributed by atoms with van der Waals surface area (Å²) < 4.78 is 18.8. The van der Waals surface area contributed by atoms with Gasteiger partial charge < -0.3 is 9.84 Å². The van der Waals surface area contributed by atoms with Crippen molar-refractivity contribution in [1.29, 1.82) is 0 Å². The monoisotopic (exact) mass is 196 g/mol. The van der Waals surface area contributed by atoms with Gasteiger partial charge in [0.15, 0.2) is 0 Å². The highest BCUT2D eigenvalue weighted by atomic mass is 19.1. The number of hydrogen-bond donors (Lipinski definition) is 1. The summed E-state index contributed by atoms with van der Waals surface area (Å²) in [4.78, 5) is 0. The first-order chi connectivity index (χ1) is 6.77. The van der Waals surface area contributed by atoms with E-state index in [0.29, 0.717) is 25.0 Å². The maximum Gasteiger partial charge on any atom is 0.129 e. The number of benzene rings is 1. The van der Waals surface area contributed by atoms with E-state index in [9.17, 15) is 9.50 Å². The van der Waals surface area contributed by atoms with Crippen molar-refractivity contribution in [3.63, 3.8) is 0 Å². The maximum atomic E-state index is 13.3. The molecule has 2 rings (SSSR count). The van der Waals surface area contributed by atoms with Crippen LogP contribution in [0.5, 0.6) is 0 Å². The lowest BCUT2D eigenvalue weighted by atomic mass is 9.99. The number of rotatable bonds is 1. The first kappa shape index (κ1) is 9.62. The zero-order valence-electron chi connectivity index (χ0n) is 7.82. The summed E-state index contributed by atoms with van der Waals surface area (Å²) in [5.41, 5.74) is 0.547. The number of aliphatic hydroxyl groups excluding tert-OH is 1. The third-order valence-corrected chi connectivity index (χ3v) is 2.51. The topological polar surface area (TPSA) is 29.5 Å². The normalized spacial score (nSPS) is 27.6. The molecule has 1 aliphatic heterocycles. The average molecular weight is 196 g/mol. The van der Waals surface area contributed by atoms with E-state index >= 15 is 0 Å². The standard InChI is InChI=1S/C11H13FO2/c12-10-4-2-1-3-9(10)11-7-8(13)5-6-14-11/h1-4,8,11,13H,5-7H2/t8-,11+/m0/s1. The van der Waals surface area contributed by atoms with Crippen LogP contribution in [-0.2, 0) is 4.74 Å². The van der Waals surface area contributed by atoms with Gasteiger partial charge in [-0.3, -0.25) is 0 Å². The molecule has 0 aliphatic carbocycles. The summed E-state index contributed by atoms with van der Waals surface area (Å²) >= 11 is 0. The van der Waals surface area contributed by atoms with Crippen LogP contribution in [0.2, 0.25) is 0 Å². The van der Waals surface area contributed by atoms with Crippen molar-refractivity contribution in [2.75, 3.05) is 6.61 Å². The van der Waals surface area contributed by atoms with Gasteiger partial charge in [0.1, 0.15) is 5.82 Å². The van der Waals surface area contributed by atoms with Crippen LogP contribution >= 0.6 is 0 Å². The lowest BCUT2D eigenvalue weighted by Gasteiger charge is -2.26. The summed E-state index contributed by atoms with van der Waals surface area (Å²) in [7, 11) is 0. The lowest BCUT2D eigenvalue weighted by Crippen LogP contribution is -2.23. The number of halogens is 1. The zero-order chi connectivity index (χ0) is 9.97. The second-order valence-corrected chi connectivity index (χ2v) is 3.56. The Morgan fingerprint density at radius 2 is 2.14 bits per heavy atom. The van der Waals surface area contributed by atoms with E-state index in [0.717, 1.165) is 0 Å². The Morgan fingerprint density at radius 1 is 1.36 bits per heavy atom. The van der Waals surface area contributed by atoms with Crippen LogP contribution in [0.4, 0.5) is 4.39 Å². The average Bonchev–Trinajstić information content (AvgIpc) is 2.18. The molecular formula is C11H13FO2. The summed E-state index contributed by atoms with van der Waals surface area (Å²) in [6, 6.07) is 6.55. The first-order valence-corrected chi connectivity index (χ1v) is 4.81. The van der Waals surface area contributed by atoms with Crippen molar-refractivity contribution in [1.82, 2.24) is 0 Å². The first-order valence-electron chi connectivity index (χ1n) is 4.81.